The zero-order valence-corrected chi connectivity index (χ0v) is 21.5. The molecule has 0 spiro atoms. The van der Waals surface area contributed by atoms with Crippen LogP contribution in [0.5, 0.6) is 0 Å². The smallest absolute Gasteiger partial charge is 0.116 e. The predicted octanol–water partition coefficient (Wildman–Crippen LogP) is 7.43. The van der Waals surface area contributed by atoms with Gasteiger partial charge in [0.15, 0.2) is 0 Å². The van der Waals surface area contributed by atoms with Crippen molar-refractivity contribution in [2.45, 2.75) is 116 Å². The van der Waals surface area contributed by atoms with Gasteiger partial charge < -0.3 is 0 Å². The van der Waals surface area contributed by atoms with Crippen molar-refractivity contribution in [1.82, 2.24) is 0 Å². The molecular weight excluding hydrogens is 344 g/mol. The van der Waals surface area contributed by atoms with Gasteiger partial charge in [0.1, 0.15) is 16.1 Å². The van der Waals surface area contributed by atoms with Gasteiger partial charge in [-0.3, -0.25) is 0 Å². The minimum Gasteiger partial charge on any atom is -0.116 e. The lowest BCUT2D eigenvalue weighted by Crippen LogP contribution is -2.43. The van der Waals surface area contributed by atoms with Crippen LogP contribution in [0, 0.1) is 34.8 Å². The lowest BCUT2D eigenvalue weighted by Gasteiger charge is -2.37. The Balaban J connectivity index is 5.79. The van der Waals surface area contributed by atoms with Crippen LogP contribution in [0.25, 0.3) is 0 Å². The van der Waals surface area contributed by atoms with Gasteiger partial charge in [-0.1, -0.05) is 83.1 Å². The fourth-order valence-electron chi connectivity index (χ4n) is 5.21. The molecule has 26 heavy (non-hydrogen) atoms. The van der Waals surface area contributed by atoms with E-state index in [0.29, 0.717) is 33.2 Å². The summed E-state index contributed by atoms with van der Waals surface area (Å²) in [5.41, 5.74) is 11.2. The second-order valence-corrected chi connectivity index (χ2v) is 20.7. The van der Waals surface area contributed by atoms with Crippen molar-refractivity contribution in [1.29, 1.82) is 0 Å². The molecule has 0 amide bonds. The van der Waals surface area contributed by atoms with Gasteiger partial charge in [-0.15, -0.1) is 11.1 Å². The van der Waals surface area contributed by atoms with Gasteiger partial charge >= 0.3 is 0 Å². The van der Waals surface area contributed by atoms with E-state index in [4.69, 9.17) is 0 Å². The summed E-state index contributed by atoms with van der Waals surface area (Å²) in [6, 6.07) is 0. The first-order valence-electron chi connectivity index (χ1n) is 10.4. The normalized spacial score (nSPS) is 12.2. The van der Waals surface area contributed by atoms with E-state index < -0.39 is 16.1 Å². The monoisotopic (exact) mass is 386 g/mol. The fraction of sp³-hybridized carbons (Fsp3) is 0.750. The molecular formula is C24H42Si2. The third-order valence-corrected chi connectivity index (χ3v) is 19.1. The van der Waals surface area contributed by atoms with Gasteiger partial charge in [-0.2, -0.15) is 0 Å². The maximum Gasteiger partial charge on any atom is 0.147 e. The summed E-state index contributed by atoms with van der Waals surface area (Å²) in [4.78, 5) is 0. The summed E-state index contributed by atoms with van der Waals surface area (Å²) >= 11 is 0. The first kappa shape index (κ1) is 25.1. The molecule has 0 saturated carbocycles. The highest BCUT2D eigenvalue weighted by atomic mass is 28.3. The third kappa shape index (κ3) is 5.32. The summed E-state index contributed by atoms with van der Waals surface area (Å²) < 4.78 is 0. The second-order valence-electron chi connectivity index (χ2n) is 9.54. The van der Waals surface area contributed by atoms with Crippen LogP contribution in [0.4, 0.5) is 0 Å². The summed E-state index contributed by atoms with van der Waals surface area (Å²) in [5.74, 6) is 12.5. The van der Waals surface area contributed by atoms with Gasteiger partial charge in [-0.25, -0.2) is 0 Å². The minimum absolute atomic E-state index is 0.644. The molecule has 0 bridgehead atoms. The average Bonchev–Trinajstić information content (AvgIpc) is 2.47. The van der Waals surface area contributed by atoms with E-state index in [1.165, 1.54) is 0 Å². The van der Waals surface area contributed by atoms with E-state index in [1.807, 2.05) is 0 Å². The van der Waals surface area contributed by atoms with Gasteiger partial charge in [0.05, 0.1) is 0 Å². The Bertz CT molecular complexity index is 519. The van der Waals surface area contributed by atoms with Gasteiger partial charge in [0.2, 0.25) is 0 Å². The predicted molar refractivity (Wildman–Crippen MR) is 125 cm³/mol. The van der Waals surface area contributed by atoms with E-state index in [9.17, 15) is 0 Å². The Hall–Kier alpha value is -0.886. The van der Waals surface area contributed by atoms with Crippen LogP contribution in [-0.4, -0.2) is 16.1 Å². The molecule has 0 aliphatic rings. The van der Waals surface area contributed by atoms with Crippen LogP contribution in [0.3, 0.4) is 0 Å². The molecule has 0 fully saturated rings. The van der Waals surface area contributed by atoms with Crippen molar-refractivity contribution in [2.24, 2.45) is 0 Å². The Morgan fingerprint density at radius 1 is 0.346 bits per heavy atom. The summed E-state index contributed by atoms with van der Waals surface area (Å²) in [5, 5.41) is 0. The van der Waals surface area contributed by atoms with Crippen molar-refractivity contribution in [2.75, 3.05) is 0 Å². The van der Waals surface area contributed by atoms with E-state index in [2.05, 4.69) is 118 Å². The first-order valence-corrected chi connectivity index (χ1v) is 14.9. The molecule has 0 aromatic carbocycles. The molecule has 0 aromatic heterocycles. The van der Waals surface area contributed by atoms with Crippen LogP contribution in [0.15, 0.2) is 0 Å². The molecule has 0 nitrogen and oxygen atoms in total. The molecule has 0 aliphatic carbocycles. The molecule has 0 aliphatic heterocycles. The van der Waals surface area contributed by atoms with Gasteiger partial charge in [0, 0.05) is 0 Å². The number of hydrogen-bond donors (Lipinski definition) is 0. The molecule has 0 rings (SSSR count). The summed E-state index contributed by atoms with van der Waals surface area (Å²) in [7, 11) is -3.36. The van der Waals surface area contributed by atoms with Crippen LogP contribution < -0.4 is 0 Å². The molecule has 0 unspecified atom stereocenters. The standard InChI is InChI=1S/C24H42Si2/c1-19(2)25(20(3)4,21(5)6)17-15-13-14-16-18-26(22(7)8,23(9)10)24(11)12/h19-24H,1-12H3. The summed E-state index contributed by atoms with van der Waals surface area (Å²) in [6.45, 7) is 28.0. The van der Waals surface area contributed by atoms with Crippen LogP contribution in [0.2, 0.25) is 33.2 Å². The Labute approximate surface area is 167 Å². The van der Waals surface area contributed by atoms with Crippen LogP contribution in [-0.2, 0) is 0 Å². The molecule has 2 heteroatoms. The largest absolute Gasteiger partial charge is 0.147 e. The molecule has 0 saturated heterocycles. The second kappa shape index (κ2) is 10.4. The zero-order valence-electron chi connectivity index (χ0n) is 19.5. The molecule has 0 atom stereocenters. The van der Waals surface area contributed by atoms with Crippen molar-refractivity contribution in [3.8, 4) is 34.8 Å². The Morgan fingerprint density at radius 2 is 0.538 bits per heavy atom. The minimum atomic E-state index is -1.68. The number of rotatable bonds is 6. The Morgan fingerprint density at radius 3 is 0.692 bits per heavy atom. The quantitative estimate of drug-likeness (QED) is 0.329. The number of hydrogen-bond acceptors (Lipinski definition) is 0. The molecule has 0 aromatic rings. The van der Waals surface area contributed by atoms with E-state index in [1.54, 1.807) is 0 Å². The highest BCUT2D eigenvalue weighted by Gasteiger charge is 2.42. The lowest BCUT2D eigenvalue weighted by molar-refractivity contribution is 0.838. The zero-order chi connectivity index (χ0) is 20.7. The van der Waals surface area contributed by atoms with Crippen molar-refractivity contribution >= 4 is 16.1 Å². The van der Waals surface area contributed by atoms with Gasteiger partial charge in [0.25, 0.3) is 0 Å². The highest BCUT2D eigenvalue weighted by Crippen LogP contribution is 2.41. The van der Waals surface area contributed by atoms with E-state index in [0.717, 1.165) is 0 Å². The van der Waals surface area contributed by atoms with E-state index in [-0.39, 0.29) is 0 Å². The van der Waals surface area contributed by atoms with Crippen molar-refractivity contribution < 1.29 is 0 Å². The third-order valence-electron chi connectivity index (χ3n) is 6.48. The van der Waals surface area contributed by atoms with Crippen LogP contribution in [0.1, 0.15) is 83.1 Å². The molecule has 0 N–H and O–H groups in total. The molecule has 0 heterocycles. The first-order chi connectivity index (χ1) is 11.9. The SMILES string of the molecule is CC(C)[Si](C#CC#CC#C[Si](C(C)C)(C(C)C)C(C)C)(C(C)C)C(C)C. The molecule has 146 valence electrons. The van der Waals surface area contributed by atoms with Crippen LogP contribution >= 0.6 is 0 Å². The maximum absolute atomic E-state index is 3.66. The van der Waals surface area contributed by atoms with E-state index >= 15 is 0 Å². The molecule has 0 radical (unpaired) electrons. The van der Waals surface area contributed by atoms with Gasteiger partial charge in [-0.05, 0) is 56.9 Å². The average molecular weight is 387 g/mol. The highest BCUT2D eigenvalue weighted by molar-refractivity contribution is 6.91. The van der Waals surface area contributed by atoms with Crippen molar-refractivity contribution in [3.05, 3.63) is 0 Å². The maximum atomic E-state index is 3.66. The topological polar surface area (TPSA) is 0 Å². The fourth-order valence-corrected chi connectivity index (χ4v) is 15.5. The Kier molecular flexibility index (Phi) is 10.1. The summed E-state index contributed by atoms with van der Waals surface area (Å²) in [6.07, 6.45) is 0. The van der Waals surface area contributed by atoms with Crippen molar-refractivity contribution in [3.63, 3.8) is 0 Å². The lowest BCUT2D eigenvalue weighted by atomic mass is 10.5.